The number of para-hydroxylation sites is 1. The van der Waals surface area contributed by atoms with Crippen LogP contribution in [-0.4, -0.2) is 51.5 Å². The fourth-order valence-electron chi connectivity index (χ4n) is 3.61. The molecule has 32 heavy (non-hydrogen) atoms. The lowest BCUT2D eigenvalue weighted by atomic mass is 10.1. The molecule has 166 valence electrons. The number of aromatic nitrogens is 2. The lowest BCUT2D eigenvalue weighted by Crippen LogP contribution is -2.44. The highest BCUT2D eigenvalue weighted by Crippen LogP contribution is 2.24. The molecule has 0 bridgehead atoms. The van der Waals surface area contributed by atoms with Crippen LogP contribution in [0.1, 0.15) is 18.7 Å². The summed E-state index contributed by atoms with van der Waals surface area (Å²) in [5.41, 5.74) is 1.12. The van der Waals surface area contributed by atoms with Crippen molar-refractivity contribution in [3.63, 3.8) is 0 Å². The molecular weight excluding hydrogens is 428 g/mol. The maximum atomic E-state index is 12.8. The predicted octanol–water partition coefficient (Wildman–Crippen LogP) is 2.79. The molecule has 2 N–H and O–H groups in total. The number of aryl methyl sites for hydroxylation is 1. The van der Waals surface area contributed by atoms with Crippen LogP contribution in [0.4, 0.5) is 5.69 Å². The van der Waals surface area contributed by atoms with Crippen molar-refractivity contribution in [2.45, 2.75) is 25.3 Å². The summed E-state index contributed by atoms with van der Waals surface area (Å²) in [6.45, 7) is 0. The number of carbonyl (C=O) groups is 2. The zero-order valence-electron chi connectivity index (χ0n) is 17.7. The molecule has 8 nitrogen and oxygen atoms in total. The second kappa shape index (κ2) is 9.86. The number of ether oxygens (including phenoxy) is 1. The SMILES string of the molecule is COc1ccc(NC(=O)C2CSCN2C(=O)CCCc2nc3ccccc3c(=O)[nH]2)cc1. The van der Waals surface area contributed by atoms with E-state index in [1.807, 2.05) is 6.07 Å². The summed E-state index contributed by atoms with van der Waals surface area (Å²) in [5, 5.41) is 3.42. The number of fused-ring (bicyclic) bond motifs is 1. The molecule has 9 heteroatoms. The van der Waals surface area contributed by atoms with Gasteiger partial charge in [-0.05, 0) is 42.8 Å². The number of nitrogens with one attached hydrogen (secondary N) is 2. The maximum absolute atomic E-state index is 12.8. The number of H-pyrrole nitrogens is 1. The number of rotatable bonds is 7. The van der Waals surface area contributed by atoms with E-state index in [1.165, 1.54) is 0 Å². The van der Waals surface area contributed by atoms with Gasteiger partial charge < -0.3 is 19.9 Å². The molecule has 0 spiro atoms. The Hall–Kier alpha value is -3.33. The minimum atomic E-state index is -0.506. The lowest BCUT2D eigenvalue weighted by molar-refractivity contribution is -0.136. The Labute approximate surface area is 189 Å². The molecule has 0 radical (unpaired) electrons. The van der Waals surface area contributed by atoms with Crippen LogP contribution in [0.5, 0.6) is 5.75 Å². The van der Waals surface area contributed by atoms with Gasteiger partial charge in [-0.3, -0.25) is 14.4 Å². The Kier molecular flexibility index (Phi) is 6.75. The van der Waals surface area contributed by atoms with Gasteiger partial charge >= 0.3 is 0 Å². The number of benzene rings is 2. The number of thioether (sulfide) groups is 1. The quantitative estimate of drug-likeness (QED) is 0.571. The van der Waals surface area contributed by atoms with Crippen molar-refractivity contribution in [3.8, 4) is 5.75 Å². The van der Waals surface area contributed by atoms with E-state index in [0.29, 0.717) is 52.6 Å². The van der Waals surface area contributed by atoms with Crippen molar-refractivity contribution >= 4 is 40.2 Å². The van der Waals surface area contributed by atoms with Crippen molar-refractivity contribution in [1.82, 2.24) is 14.9 Å². The molecule has 1 aliphatic heterocycles. The Bertz CT molecular complexity index is 1180. The van der Waals surface area contributed by atoms with Crippen LogP contribution in [0.3, 0.4) is 0 Å². The van der Waals surface area contributed by atoms with Crippen molar-refractivity contribution in [2.24, 2.45) is 0 Å². The van der Waals surface area contributed by atoms with E-state index in [9.17, 15) is 14.4 Å². The van der Waals surface area contributed by atoms with Gasteiger partial charge in [-0.2, -0.15) is 0 Å². The van der Waals surface area contributed by atoms with E-state index in [1.54, 1.807) is 66.2 Å². The molecule has 1 aromatic heterocycles. The summed E-state index contributed by atoms with van der Waals surface area (Å²) in [7, 11) is 1.58. The Balaban J connectivity index is 1.33. The summed E-state index contributed by atoms with van der Waals surface area (Å²) < 4.78 is 5.13. The van der Waals surface area contributed by atoms with E-state index in [2.05, 4.69) is 15.3 Å². The van der Waals surface area contributed by atoms with Gasteiger partial charge in [-0.15, -0.1) is 11.8 Å². The average molecular weight is 453 g/mol. The van der Waals surface area contributed by atoms with Gasteiger partial charge in [0.15, 0.2) is 0 Å². The third kappa shape index (κ3) is 4.94. The first-order chi connectivity index (χ1) is 15.5. The van der Waals surface area contributed by atoms with Crippen LogP contribution in [0, 0.1) is 0 Å². The summed E-state index contributed by atoms with van der Waals surface area (Å²) in [4.78, 5) is 46.6. The number of amides is 2. The molecule has 0 saturated carbocycles. The number of hydrogen-bond acceptors (Lipinski definition) is 6. The Morgan fingerprint density at radius 2 is 2.00 bits per heavy atom. The normalized spacial score (nSPS) is 15.7. The van der Waals surface area contributed by atoms with Crippen molar-refractivity contribution in [2.75, 3.05) is 24.1 Å². The van der Waals surface area contributed by atoms with Crippen LogP contribution < -0.4 is 15.6 Å². The molecule has 2 aromatic carbocycles. The van der Waals surface area contributed by atoms with E-state index < -0.39 is 6.04 Å². The summed E-state index contributed by atoms with van der Waals surface area (Å²) in [6, 6.07) is 13.7. The van der Waals surface area contributed by atoms with E-state index in [-0.39, 0.29) is 23.8 Å². The number of anilines is 1. The molecule has 1 unspecified atom stereocenters. The smallest absolute Gasteiger partial charge is 0.258 e. The zero-order valence-corrected chi connectivity index (χ0v) is 18.5. The average Bonchev–Trinajstić information content (AvgIpc) is 3.30. The molecule has 1 fully saturated rings. The minimum Gasteiger partial charge on any atom is -0.497 e. The number of methoxy groups -OCH3 is 1. The molecule has 0 aliphatic carbocycles. The lowest BCUT2D eigenvalue weighted by Gasteiger charge is -2.23. The van der Waals surface area contributed by atoms with Gasteiger partial charge in [0.2, 0.25) is 11.8 Å². The van der Waals surface area contributed by atoms with Crippen LogP contribution in [0.15, 0.2) is 53.3 Å². The van der Waals surface area contributed by atoms with Gasteiger partial charge in [-0.25, -0.2) is 4.98 Å². The fraction of sp³-hybridized carbons (Fsp3) is 0.304. The molecule has 1 aliphatic rings. The first kappa shape index (κ1) is 21.9. The molecule has 4 rings (SSSR count). The van der Waals surface area contributed by atoms with E-state index in [0.717, 1.165) is 0 Å². The van der Waals surface area contributed by atoms with E-state index >= 15 is 0 Å². The van der Waals surface area contributed by atoms with Crippen LogP contribution in [-0.2, 0) is 16.0 Å². The predicted molar refractivity (Wildman–Crippen MR) is 125 cm³/mol. The van der Waals surface area contributed by atoms with Gasteiger partial charge in [-0.1, -0.05) is 12.1 Å². The summed E-state index contributed by atoms with van der Waals surface area (Å²) >= 11 is 1.56. The largest absolute Gasteiger partial charge is 0.497 e. The Morgan fingerprint density at radius 3 is 2.78 bits per heavy atom. The highest BCUT2D eigenvalue weighted by atomic mass is 32.2. The summed E-state index contributed by atoms with van der Waals surface area (Å²) in [6.07, 6.45) is 1.30. The molecule has 2 heterocycles. The number of aromatic amines is 1. The van der Waals surface area contributed by atoms with Crippen LogP contribution >= 0.6 is 11.8 Å². The summed E-state index contributed by atoms with van der Waals surface area (Å²) in [5.74, 6) is 2.05. The Morgan fingerprint density at radius 1 is 1.22 bits per heavy atom. The third-order valence-electron chi connectivity index (χ3n) is 5.33. The molecule has 1 atom stereocenters. The van der Waals surface area contributed by atoms with E-state index in [4.69, 9.17) is 4.74 Å². The van der Waals surface area contributed by atoms with Crippen LogP contribution in [0.2, 0.25) is 0 Å². The van der Waals surface area contributed by atoms with Crippen LogP contribution in [0.25, 0.3) is 10.9 Å². The standard InChI is InChI=1S/C23H24N4O4S/c1-31-16-11-9-15(10-12-16)24-23(30)19-13-32-14-27(19)21(28)8-4-7-20-25-18-6-3-2-5-17(18)22(29)26-20/h2-3,5-6,9-12,19H,4,7-8,13-14H2,1H3,(H,24,30)(H,25,26,29). The molecular formula is C23H24N4O4S. The highest BCUT2D eigenvalue weighted by Gasteiger charge is 2.34. The minimum absolute atomic E-state index is 0.0759. The second-order valence-corrected chi connectivity index (χ2v) is 8.48. The van der Waals surface area contributed by atoms with Gasteiger partial charge in [0.1, 0.15) is 17.6 Å². The number of carbonyl (C=O) groups excluding carboxylic acids is 2. The van der Waals surface area contributed by atoms with Gasteiger partial charge in [0.05, 0.1) is 23.9 Å². The number of hydrogen-bond donors (Lipinski definition) is 2. The zero-order chi connectivity index (χ0) is 22.5. The maximum Gasteiger partial charge on any atom is 0.258 e. The topological polar surface area (TPSA) is 104 Å². The first-order valence-electron chi connectivity index (χ1n) is 10.4. The van der Waals surface area contributed by atoms with Crippen molar-refractivity contribution in [1.29, 1.82) is 0 Å². The monoisotopic (exact) mass is 452 g/mol. The molecule has 2 amide bonds. The fourth-order valence-corrected chi connectivity index (χ4v) is 4.79. The second-order valence-electron chi connectivity index (χ2n) is 7.48. The third-order valence-corrected chi connectivity index (χ3v) is 6.34. The van der Waals surface area contributed by atoms with Crippen molar-refractivity contribution < 1.29 is 14.3 Å². The first-order valence-corrected chi connectivity index (χ1v) is 11.5. The van der Waals surface area contributed by atoms with Crippen molar-refractivity contribution in [3.05, 3.63) is 64.7 Å². The highest BCUT2D eigenvalue weighted by molar-refractivity contribution is 7.99. The number of nitrogens with zero attached hydrogens (tertiary/aromatic N) is 2. The molecule has 1 saturated heterocycles. The van der Waals surface area contributed by atoms with Gasteiger partial charge in [0, 0.05) is 24.3 Å². The van der Waals surface area contributed by atoms with Gasteiger partial charge in [0.25, 0.3) is 5.56 Å². The molecule has 3 aromatic rings.